The van der Waals surface area contributed by atoms with Gasteiger partial charge in [0, 0.05) is 29.1 Å². The molecule has 3 heterocycles. The summed E-state index contributed by atoms with van der Waals surface area (Å²) in [4.78, 5) is 28.9. The number of aromatic nitrogens is 4. The summed E-state index contributed by atoms with van der Waals surface area (Å²) in [6, 6.07) is 11.9. The van der Waals surface area contributed by atoms with Crippen LogP contribution in [-0.4, -0.2) is 26.0 Å². The smallest absolute Gasteiger partial charge is 0.416 e. The molecule has 43 heavy (non-hydrogen) atoms. The van der Waals surface area contributed by atoms with E-state index in [-0.39, 0.29) is 23.2 Å². The molecular weight excluding hydrogens is 566 g/mol. The summed E-state index contributed by atoms with van der Waals surface area (Å²) in [5.74, 6) is 0.0380. The van der Waals surface area contributed by atoms with Gasteiger partial charge in [-0.2, -0.15) is 13.2 Å². The molecule has 9 nitrogen and oxygen atoms in total. The van der Waals surface area contributed by atoms with Crippen molar-refractivity contribution in [3.63, 3.8) is 0 Å². The summed E-state index contributed by atoms with van der Waals surface area (Å²) in [6.07, 6.45) is 2.83. The van der Waals surface area contributed by atoms with Crippen molar-refractivity contribution in [2.75, 3.05) is 16.4 Å². The number of aryl methyl sites for hydroxylation is 1. The Bertz CT molecular complexity index is 1760. The second-order valence-corrected chi connectivity index (χ2v) is 9.24. The van der Waals surface area contributed by atoms with Gasteiger partial charge in [-0.25, -0.2) is 24.1 Å². The molecule has 0 saturated carbocycles. The molecule has 0 radical (unpaired) electrons. The largest absolute Gasteiger partial charge is 0.424 e. The Balaban J connectivity index is 1.27. The molecule has 13 heteroatoms. The van der Waals surface area contributed by atoms with E-state index in [1.165, 1.54) is 30.7 Å². The number of nitrogens with one attached hydrogen (secondary N) is 2. The van der Waals surface area contributed by atoms with E-state index in [2.05, 4.69) is 30.6 Å². The Morgan fingerprint density at radius 3 is 2.30 bits per heavy atom. The van der Waals surface area contributed by atoms with Crippen molar-refractivity contribution in [1.82, 2.24) is 19.9 Å². The molecule has 2 amide bonds. The molecule has 0 atom stereocenters. The molecule has 0 saturated heterocycles. The fraction of sp³-hybridized carbons (Fsp3) is 0.100. The molecule has 4 N–H and O–H groups in total. The zero-order chi connectivity index (χ0) is 30.6. The number of nitrogens with two attached hydrogens (primary N) is 1. The van der Waals surface area contributed by atoms with Gasteiger partial charge in [0.1, 0.15) is 17.4 Å². The van der Waals surface area contributed by atoms with Gasteiger partial charge >= 0.3 is 18.2 Å². The Morgan fingerprint density at radius 2 is 1.60 bits per heavy atom. The normalized spacial score (nSPS) is 11.2. The van der Waals surface area contributed by atoms with Gasteiger partial charge in [-0.1, -0.05) is 25.1 Å². The SMILES string of the molecule is CCc1cncc(-c2ccc(C(F)(F)F)cc2NC(=O)Nc2cnc(Oc3ccc(-c4cc(F)cnc4N)cc3)nc2)c1. The molecule has 5 aromatic rings. The van der Waals surface area contributed by atoms with Crippen LogP contribution in [0.25, 0.3) is 22.3 Å². The first-order chi connectivity index (χ1) is 20.6. The van der Waals surface area contributed by atoms with Crippen LogP contribution in [-0.2, 0) is 12.6 Å². The lowest BCUT2D eigenvalue weighted by Gasteiger charge is -2.15. The molecular formula is C30H23F4N7O2. The topological polar surface area (TPSA) is 128 Å². The number of ether oxygens (including phenoxy) is 1. The standard InChI is InChI=1S/C30H23F4N7O2/c1-2-17-9-19(13-36-12-17)24-8-5-20(30(32,33)34)10-26(24)41-28(42)40-22-15-38-29(39-16-22)43-23-6-3-18(4-7-23)25-11-21(31)14-37-27(25)35/h3-16H,2H2,1H3,(H2,35,37)(H2,40,41,42). The third kappa shape index (κ3) is 7.01. The van der Waals surface area contributed by atoms with E-state index in [0.717, 1.165) is 23.9 Å². The molecule has 0 spiro atoms. The molecule has 218 valence electrons. The average Bonchev–Trinajstić information content (AvgIpc) is 2.99. The first-order valence-electron chi connectivity index (χ1n) is 12.8. The van der Waals surface area contributed by atoms with E-state index >= 15 is 0 Å². The number of rotatable bonds is 7. The van der Waals surface area contributed by atoms with Crippen LogP contribution in [0.2, 0.25) is 0 Å². The summed E-state index contributed by atoms with van der Waals surface area (Å²) in [5.41, 5.74) is 7.89. The third-order valence-electron chi connectivity index (χ3n) is 6.25. The number of carbonyl (C=O) groups is 1. The number of amides is 2. The molecule has 3 aromatic heterocycles. The predicted octanol–water partition coefficient (Wildman–Crippen LogP) is 7.34. The van der Waals surface area contributed by atoms with Gasteiger partial charge in [-0.3, -0.25) is 4.98 Å². The zero-order valence-electron chi connectivity index (χ0n) is 22.5. The van der Waals surface area contributed by atoms with Crippen LogP contribution < -0.4 is 21.1 Å². The molecule has 0 aliphatic heterocycles. The minimum atomic E-state index is -4.61. The second-order valence-electron chi connectivity index (χ2n) is 9.24. The number of benzene rings is 2. The Labute approximate surface area is 242 Å². The van der Waals surface area contributed by atoms with Crippen molar-refractivity contribution in [2.24, 2.45) is 0 Å². The van der Waals surface area contributed by atoms with E-state index in [1.54, 1.807) is 36.5 Å². The lowest BCUT2D eigenvalue weighted by molar-refractivity contribution is -0.137. The van der Waals surface area contributed by atoms with Gasteiger partial charge in [0.05, 0.1) is 35.5 Å². The predicted molar refractivity (Wildman–Crippen MR) is 153 cm³/mol. The van der Waals surface area contributed by atoms with Crippen molar-refractivity contribution < 1.29 is 27.1 Å². The number of halogens is 4. The van der Waals surface area contributed by atoms with Crippen molar-refractivity contribution in [2.45, 2.75) is 19.5 Å². The molecule has 0 unspecified atom stereocenters. The Hall–Kier alpha value is -5.59. The van der Waals surface area contributed by atoms with Crippen LogP contribution in [0.3, 0.4) is 0 Å². The number of pyridine rings is 2. The third-order valence-corrected chi connectivity index (χ3v) is 6.25. The summed E-state index contributed by atoms with van der Waals surface area (Å²) < 4.78 is 59.5. The van der Waals surface area contributed by atoms with Gasteiger partial charge < -0.3 is 21.1 Å². The van der Waals surface area contributed by atoms with Crippen molar-refractivity contribution in [1.29, 1.82) is 0 Å². The number of alkyl halides is 3. The quantitative estimate of drug-likeness (QED) is 0.170. The molecule has 0 aliphatic carbocycles. The van der Waals surface area contributed by atoms with E-state index in [9.17, 15) is 22.4 Å². The number of hydrogen-bond donors (Lipinski definition) is 3. The maximum atomic E-state index is 13.6. The number of nitrogen functional groups attached to an aromatic ring is 1. The van der Waals surface area contributed by atoms with Gasteiger partial charge in [-0.15, -0.1) is 0 Å². The summed E-state index contributed by atoms with van der Waals surface area (Å²) in [7, 11) is 0. The van der Waals surface area contributed by atoms with E-state index < -0.39 is 23.6 Å². The lowest BCUT2D eigenvalue weighted by Crippen LogP contribution is -2.20. The van der Waals surface area contributed by atoms with Crippen LogP contribution in [0.1, 0.15) is 18.1 Å². The van der Waals surface area contributed by atoms with Gasteiger partial charge in [0.15, 0.2) is 0 Å². The zero-order valence-corrected chi connectivity index (χ0v) is 22.5. The second kappa shape index (κ2) is 12.1. The lowest BCUT2D eigenvalue weighted by atomic mass is 10.0. The fourth-order valence-corrected chi connectivity index (χ4v) is 4.11. The highest BCUT2D eigenvalue weighted by atomic mass is 19.4. The van der Waals surface area contributed by atoms with Gasteiger partial charge in [0.25, 0.3) is 0 Å². The first kappa shape index (κ1) is 28.9. The van der Waals surface area contributed by atoms with Crippen LogP contribution in [0.4, 0.5) is 39.5 Å². The summed E-state index contributed by atoms with van der Waals surface area (Å²) in [6.45, 7) is 1.93. The molecule has 0 aliphatic rings. The average molecular weight is 590 g/mol. The van der Waals surface area contributed by atoms with Crippen LogP contribution in [0.15, 0.2) is 85.6 Å². The number of urea groups is 1. The van der Waals surface area contributed by atoms with Crippen LogP contribution >= 0.6 is 0 Å². The Morgan fingerprint density at radius 1 is 0.860 bits per heavy atom. The number of hydrogen-bond acceptors (Lipinski definition) is 7. The minimum Gasteiger partial charge on any atom is -0.424 e. The highest BCUT2D eigenvalue weighted by Crippen LogP contribution is 2.36. The fourth-order valence-electron chi connectivity index (χ4n) is 4.11. The van der Waals surface area contributed by atoms with E-state index in [4.69, 9.17) is 10.5 Å². The van der Waals surface area contributed by atoms with Crippen LogP contribution in [0, 0.1) is 5.82 Å². The minimum absolute atomic E-state index is 0.0332. The summed E-state index contributed by atoms with van der Waals surface area (Å²) >= 11 is 0. The Kier molecular flexibility index (Phi) is 8.14. The highest BCUT2D eigenvalue weighted by Gasteiger charge is 2.31. The van der Waals surface area contributed by atoms with Crippen molar-refractivity contribution in [3.05, 3.63) is 103 Å². The molecule has 5 rings (SSSR count). The molecule has 2 aromatic carbocycles. The summed E-state index contributed by atoms with van der Waals surface area (Å²) in [5, 5.41) is 4.99. The number of nitrogens with zero attached hydrogens (tertiary/aromatic N) is 4. The van der Waals surface area contributed by atoms with Gasteiger partial charge in [-0.05, 0) is 53.9 Å². The maximum absolute atomic E-state index is 13.6. The van der Waals surface area contributed by atoms with Crippen molar-refractivity contribution >= 4 is 23.2 Å². The maximum Gasteiger partial charge on any atom is 0.416 e. The van der Waals surface area contributed by atoms with Crippen LogP contribution in [0.5, 0.6) is 11.8 Å². The van der Waals surface area contributed by atoms with Crippen molar-refractivity contribution in [3.8, 4) is 34.0 Å². The van der Waals surface area contributed by atoms with E-state index in [1.807, 2.05) is 6.92 Å². The highest BCUT2D eigenvalue weighted by molar-refractivity contribution is 6.02. The molecule has 0 bridgehead atoms. The first-order valence-corrected chi connectivity index (χ1v) is 12.8. The number of anilines is 3. The monoisotopic (exact) mass is 589 g/mol. The number of carbonyl (C=O) groups excluding carboxylic acids is 1. The van der Waals surface area contributed by atoms with Gasteiger partial charge in [0.2, 0.25) is 0 Å². The molecule has 0 fully saturated rings. The van der Waals surface area contributed by atoms with E-state index in [0.29, 0.717) is 34.4 Å².